The molecule has 1 aromatic carbocycles. The van der Waals surface area contributed by atoms with Gasteiger partial charge in [0.1, 0.15) is 6.04 Å². The minimum Gasteiger partial charge on any atom is -0.464 e. The number of nitrogens with zero attached hydrogens (tertiary/aromatic N) is 1. The second-order valence-electron chi connectivity index (χ2n) is 6.73. The van der Waals surface area contributed by atoms with Gasteiger partial charge >= 0.3 is 5.97 Å². The Balaban J connectivity index is 1.56. The first kappa shape index (κ1) is 20.3. The van der Waals surface area contributed by atoms with Crippen LogP contribution in [0.2, 0.25) is 0 Å². The smallest absolute Gasteiger partial charge is 0.328 e. The van der Waals surface area contributed by atoms with Crippen LogP contribution in [0.3, 0.4) is 0 Å². The molecule has 3 aromatic rings. The van der Waals surface area contributed by atoms with Crippen molar-refractivity contribution in [2.75, 3.05) is 6.61 Å². The maximum atomic E-state index is 12.6. The van der Waals surface area contributed by atoms with Crippen molar-refractivity contribution >= 4 is 11.9 Å². The predicted molar refractivity (Wildman–Crippen MR) is 108 cm³/mol. The van der Waals surface area contributed by atoms with Crippen LogP contribution in [-0.4, -0.2) is 29.5 Å². The first-order chi connectivity index (χ1) is 14.1. The third-order valence-corrected chi connectivity index (χ3v) is 4.39. The first-order valence-corrected chi connectivity index (χ1v) is 9.59. The number of hydrogen-bond donors (Lipinski definition) is 1. The number of aromatic nitrogens is 1. The quantitative estimate of drug-likeness (QED) is 0.445. The van der Waals surface area contributed by atoms with Gasteiger partial charge in [-0.25, -0.2) is 4.79 Å². The van der Waals surface area contributed by atoms with E-state index in [1.54, 1.807) is 12.1 Å². The maximum absolute atomic E-state index is 12.6. The summed E-state index contributed by atoms with van der Waals surface area (Å²) >= 11 is 0. The Kier molecular flexibility index (Phi) is 7.16. The van der Waals surface area contributed by atoms with Gasteiger partial charge in [0.15, 0.2) is 5.76 Å². The van der Waals surface area contributed by atoms with Crippen LogP contribution in [0.25, 0.3) is 0 Å². The van der Waals surface area contributed by atoms with Gasteiger partial charge in [0.05, 0.1) is 12.9 Å². The summed E-state index contributed by atoms with van der Waals surface area (Å²) in [6.45, 7) is 2.20. The van der Waals surface area contributed by atoms with E-state index >= 15 is 0 Å². The molecule has 0 aliphatic heterocycles. The van der Waals surface area contributed by atoms with E-state index in [1.165, 1.54) is 6.26 Å². The van der Waals surface area contributed by atoms with Crippen LogP contribution in [0.1, 0.15) is 33.9 Å². The molecule has 0 fully saturated rings. The van der Waals surface area contributed by atoms with Crippen molar-refractivity contribution in [1.29, 1.82) is 0 Å². The van der Waals surface area contributed by atoms with E-state index in [0.29, 0.717) is 12.8 Å². The number of nitrogens with one attached hydrogen (secondary N) is 1. The minimum absolute atomic E-state index is 0.154. The van der Waals surface area contributed by atoms with Crippen molar-refractivity contribution in [2.45, 2.75) is 32.2 Å². The highest BCUT2D eigenvalue weighted by molar-refractivity contribution is 5.94. The number of aryl methyl sites for hydroxylation is 2. The normalized spacial score (nSPS) is 11.6. The third-order valence-electron chi connectivity index (χ3n) is 4.39. The molecule has 29 heavy (non-hydrogen) atoms. The number of benzene rings is 1. The molecule has 6 nitrogen and oxygen atoms in total. The van der Waals surface area contributed by atoms with E-state index in [9.17, 15) is 9.59 Å². The van der Waals surface area contributed by atoms with E-state index in [1.807, 2.05) is 55.5 Å². The molecule has 3 rings (SSSR count). The zero-order chi connectivity index (χ0) is 20.5. The number of hydrogen-bond acceptors (Lipinski definition) is 5. The highest BCUT2D eigenvalue weighted by Crippen LogP contribution is 2.08. The van der Waals surface area contributed by atoms with Gasteiger partial charge in [0, 0.05) is 17.8 Å². The highest BCUT2D eigenvalue weighted by atomic mass is 16.5. The summed E-state index contributed by atoms with van der Waals surface area (Å²) < 4.78 is 10.5. The van der Waals surface area contributed by atoms with Gasteiger partial charge in [-0.05, 0) is 49.6 Å². The Morgan fingerprint density at radius 1 is 1.07 bits per heavy atom. The largest absolute Gasteiger partial charge is 0.464 e. The lowest BCUT2D eigenvalue weighted by Gasteiger charge is -2.17. The number of esters is 1. The number of carbonyl (C=O) groups is 2. The van der Waals surface area contributed by atoms with Crippen molar-refractivity contribution in [3.05, 3.63) is 89.6 Å². The maximum Gasteiger partial charge on any atom is 0.328 e. The van der Waals surface area contributed by atoms with Crippen molar-refractivity contribution in [3.8, 4) is 0 Å². The van der Waals surface area contributed by atoms with Crippen LogP contribution in [-0.2, 0) is 22.4 Å². The molecular formula is C23H24N2O4. The van der Waals surface area contributed by atoms with Crippen molar-refractivity contribution in [2.24, 2.45) is 0 Å². The number of furan rings is 1. The second-order valence-corrected chi connectivity index (χ2v) is 6.73. The number of pyridine rings is 1. The molecule has 6 heteroatoms. The monoisotopic (exact) mass is 392 g/mol. The van der Waals surface area contributed by atoms with Crippen molar-refractivity contribution in [1.82, 2.24) is 10.3 Å². The zero-order valence-corrected chi connectivity index (χ0v) is 16.3. The number of rotatable bonds is 9. The molecule has 1 N–H and O–H groups in total. The molecule has 0 aliphatic rings. The second kappa shape index (κ2) is 10.2. The van der Waals surface area contributed by atoms with Gasteiger partial charge < -0.3 is 14.5 Å². The lowest BCUT2D eigenvalue weighted by molar-refractivity contribution is -0.146. The van der Waals surface area contributed by atoms with Crippen LogP contribution in [0.4, 0.5) is 0 Å². The van der Waals surface area contributed by atoms with Crippen LogP contribution in [0.15, 0.2) is 71.3 Å². The fraction of sp³-hybridized carbons (Fsp3) is 0.261. The van der Waals surface area contributed by atoms with Gasteiger partial charge in [-0.3, -0.25) is 9.78 Å². The fourth-order valence-electron chi connectivity index (χ4n) is 2.95. The summed E-state index contributed by atoms with van der Waals surface area (Å²) in [5.74, 6) is -0.760. The molecule has 1 amide bonds. The van der Waals surface area contributed by atoms with Gasteiger partial charge in [0.2, 0.25) is 0 Å². The van der Waals surface area contributed by atoms with E-state index < -0.39 is 17.9 Å². The Morgan fingerprint density at radius 3 is 2.62 bits per heavy atom. The molecule has 0 aliphatic carbocycles. The summed E-state index contributed by atoms with van der Waals surface area (Å²) in [6, 6.07) is 17.7. The summed E-state index contributed by atoms with van der Waals surface area (Å²) in [5.41, 5.74) is 2.86. The van der Waals surface area contributed by atoms with Crippen molar-refractivity contribution < 1.29 is 18.7 Å². The average Bonchev–Trinajstić information content (AvgIpc) is 3.26. The minimum atomic E-state index is -0.799. The lowest BCUT2D eigenvalue weighted by Crippen LogP contribution is -2.43. The highest BCUT2D eigenvalue weighted by Gasteiger charge is 2.24. The molecule has 2 heterocycles. The summed E-state index contributed by atoms with van der Waals surface area (Å²) in [7, 11) is 0. The van der Waals surface area contributed by atoms with Crippen LogP contribution in [0, 0.1) is 6.92 Å². The Hall–Kier alpha value is -3.41. The van der Waals surface area contributed by atoms with E-state index in [4.69, 9.17) is 9.15 Å². The Morgan fingerprint density at radius 2 is 1.90 bits per heavy atom. The van der Waals surface area contributed by atoms with E-state index in [-0.39, 0.29) is 12.4 Å². The molecule has 1 unspecified atom stereocenters. The predicted octanol–water partition coefficient (Wildman–Crippen LogP) is 3.50. The molecule has 0 spiro atoms. The lowest BCUT2D eigenvalue weighted by atomic mass is 10.1. The Labute approximate surface area is 169 Å². The van der Waals surface area contributed by atoms with Crippen LogP contribution < -0.4 is 5.32 Å². The Bertz CT molecular complexity index is 923. The summed E-state index contributed by atoms with van der Waals surface area (Å²) in [4.78, 5) is 29.4. The summed E-state index contributed by atoms with van der Waals surface area (Å²) in [5, 5.41) is 2.71. The van der Waals surface area contributed by atoms with Gasteiger partial charge in [-0.1, -0.05) is 36.4 Å². The van der Waals surface area contributed by atoms with E-state index in [2.05, 4.69) is 10.3 Å². The third kappa shape index (κ3) is 6.31. The van der Waals surface area contributed by atoms with Crippen molar-refractivity contribution in [3.63, 3.8) is 0 Å². The van der Waals surface area contributed by atoms with Gasteiger partial charge in [-0.15, -0.1) is 0 Å². The molecule has 1 atom stereocenters. The molecule has 0 saturated carbocycles. The fourth-order valence-corrected chi connectivity index (χ4v) is 2.95. The topological polar surface area (TPSA) is 81.4 Å². The molecule has 2 aromatic heterocycles. The number of carbonyl (C=O) groups excluding carboxylic acids is 2. The molecule has 0 bridgehead atoms. The molecule has 0 radical (unpaired) electrons. The number of amides is 1. The van der Waals surface area contributed by atoms with Crippen LogP contribution >= 0.6 is 0 Å². The molecule has 0 saturated heterocycles. The first-order valence-electron chi connectivity index (χ1n) is 9.59. The van der Waals surface area contributed by atoms with E-state index in [0.717, 1.165) is 23.4 Å². The zero-order valence-electron chi connectivity index (χ0n) is 16.3. The summed E-state index contributed by atoms with van der Waals surface area (Å²) in [6.07, 6.45) is 3.13. The SMILES string of the molecule is Cc1cccc(CCCOC(=O)C(Cc2ccccc2)NC(=O)c2ccco2)n1. The van der Waals surface area contributed by atoms with Crippen LogP contribution in [0.5, 0.6) is 0 Å². The molecular weight excluding hydrogens is 368 g/mol. The molecule has 150 valence electrons. The number of ether oxygens (including phenoxy) is 1. The van der Waals surface area contributed by atoms with Gasteiger partial charge in [0.25, 0.3) is 5.91 Å². The standard InChI is InChI=1S/C23H24N2O4/c1-17-8-5-11-19(24-17)12-6-15-29-23(27)20(16-18-9-3-2-4-10-18)25-22(26)21-13-7-14-28-21/h2-5,7-11,13-14,20H,6,12,15-16H2,1H3,(H,25,26). The van der Waals surface area contributed by atoms with Gasteiger partial charge in [-0.2, -0.15) is 0 Å². The average molecular weight is 392 g/mol.